The highest BCUT2D eigenvalue weighted by molar-refractivity contribution is 5.75. The Labute approximate surface area is 102 Å². The second-order valence-corrected chi connectivity index (χ2v) is 3.91. The van der Waals surface area contributed by atoms with Gasteiger partial charge in [0.25, 0.3) is 0 Å². The monoisotopic (exact) mass is 266 g/mol. The zero-order valence-corrected chi connectivity index (χ0v) is 9.70. The quantitative estimate of drug-likeness (QED) is 0.567. The molecule has 1 aliphatic carbocycles. The molecular weight excluding hydrogens is 253 g/mol. The maximum absolute atomic E-state index is 12.0. The SMILES string of the molecule is CC(=O)O[C@@H]1C=C[C@H](OC(=O)C(F)(F)F)CCC1. The van der Waals surface area contributed by atoms with Gasteiger partial charge >= 0.3 is 18.1 Å². The van der Waals surface area contributed by atoms with Crippen molar-refractivity contribution in [1.82, 2.24) is 0 Å². The van der Waals surface area contributed by atoms with Gasteiger partial charge < -0.3 is 9.47 Å². The van der Waals surface area contributed by atoms with Gasteiger partial charge in [0.2, 0.25) is 0 Å². The first-order valence-electron chi connectivity index (χ1n) is 5.42. The van der Waals surface area contributed by atoms with Crippen LogP contribution in [0.1, 0.15) is 26.2 Å². The number of carbonyl (C=O) groups excluding carboxylic acids is 2. The molecule has 0 saturated carbocycles. The molecule has 0 aliphatic heterocycles. The first-order valence-corrected chi connectivity index (χ1v) is 5.42. The van der Waals surface area contributed by atoms with Crippen molar-refractivity contribution in [1.29, 1.82) is 0 Å². The summed E-state index contributed by atoms with van der Waals surface area (Å²) in [5, 5.41) is 0. The van der Waals surface area contributed by atoms with Crippen LogP contribution in [-0.4, -0.2) is 30.3 Å². The fourth-order valence-electron chi connectivity index (χ4n) is 1.57. The van der Waals surface area contributed by atoms with Crippen LogP contribution in [-0.2, 0) is 19.1 Å². The van der Waals surface area contributed by atoms with E-state index in [-0.39, 0.29) is 6.42 Å². The highest BCUT2D eigenvalue weighted by Gasteiger charge is 2.42. The van der Waals surface area contributed by atoms with E-state index in [9.17, 15) is 22.8 Å². The second kappa shape index (κ2) is 5.88. The van der Waals surface area contributed by atoms with Crippen LogP contribution in [0, 0.1) is 0 Å². The van der Waals surface area contributed by atoms with E-state index < -0.39 is 30.3 Å². The Morgan fingerprint density at radius 3 is 2.06 bits per heavy atom. The molecule has 4 nitrogen and oxygen atoms in total. The minimum absolute atomic E-state index is 0.274. The van der Waals surface area contributed by atoms with Crippen LogP contribution in [0.2, 0.25) is 0 Å². The normalized spacial score (nSPS) is 24.2. The lowest BCUT2D eigenvalue weighted by molar-refractivity contribution is -0.203. The lowest BCUT2D eigenvalue weighted by Crippen LogP contribution is -2.29. The number of rotatable bonds is 2. The predicted octanol–water partition coefficient (Wildman–Crippen LogP) is 2.13. The molecular formula is C11H13F3O4. The lowest BCUT2D eigenvalue weighted by atomic mass is 10.2. The minimum Gasteiger partial charge on any atom is -0.458 e. The van der Waals surface area contributed by atoms with E-state index in [1.165, 1.54) is 19.1 Å². The van der Waals surface area contributed by atoms with Gasteiger partial charge in [0.05, 0.1) is 0 Å². The number of hydrogen-bond acceptors (Lipinski definition) is 4. The smallest absolute Gasteiger partial charge is 0.458 e. The summed E-state index contributed by atoms with van der Waals surface area (Å²) < 4.78 is 45.2. The molecule has 0 bridgehead atoms. The van der Waals surface area contributed by atoms with Crippen LogP contribution in [0.15, 0.2) is 12.2 Å². The number of carbonyl (C=O) groups is 2. The number of ether oxygens (including phenoxy) is 2. The van der Waals surface area contributed by atoms with E-state index in [1.54, 1.807) is 0 Å². The van der Waals surface area contributed by atoms with Crippen molar-refractivity contribution in [3.05, 3.63) is 12.2 Å². The second-order valence-electron chi connectivity index (χ2n) is 3.91. The summed E-state index contributed by atoms with van der Waals surface area (Å²) in [6.07, 6.45) is -2.35. The third-order valence-corrected chi connectivity index (χ3v) is 2.32. The van der Waals surface area contributed by atoms with Gasteiger partial charge in [-0.25, -0.2) is 4.79 Å². The number of hydrogen-bond donors (Lipinski definition) is 0. The Hall–Kier alpha value is -1.53. The third-order valence-electron chi connectivity index (χ3n) is 2.32. The Balaban J connectivity index is 2.54. The largest absolute Gasteiger partial charge is 0.490 e. The molecule has 0 unspecified atom stereocenters. The lowest BCUT2D eigenvalue weighted by Gasteiger charge is -2.13. The zero-order valence-electron chi connectivity index (χ0n) is 9.70. The molecule has 1 aliphatic rings. The van der Waals surface area contributed by atoms with Crippen LogP contribution in [0.5, 0.6) is 0 Å². The van der Waals surface area contributed by atoms with Crippen molar-refractivity contribution >= 4 is 11.9 Å². The molecule has 18 heavy (non-hydrogen) atoms. The standard InChI is InChI=1S/C11H13F3O4/c1-7(15)17-8-3-2-4-9(6-5-8)18-10(16)11(12,13)14/h5-6,8-9H,2-4H2,1H3/t8-,9+/m0/s1. The number of alkyl halides is 3. The van der Waals surface area contributed by atoms with E-state index in [1.807, 2.05) is 0 Å². The van der Waals surface area contributed by atoms with Gasteiger partial charge in [0.1, 0.15) is 12.2 Å². The molecule has 0 spiro atoms. The van der Waals surface area contributed by atoms with Crippen LogP contribution in [0.3, 0.4) is 0 Å². The maximum Gasteiger partial charge on any atom is 0.490 e. The molecule has 102 valence electrons. The summed E-state index contributed by atoms with van der Waals surface area (Å²) in [7, 11) is 0. The average molecular weight is 266 g/mol. The summed E-state index contributed by atoms with van der Waals surface area (Å²) in [6.45, 7) is 1.25. The molecule has 0 amide bonds. The molecule has 0 fully saturated rings. The third kappa shape index (κ3) is 4.77. The molecule has 7 heteroatoms. The van der Waals surface area contributed by atoms with E-state index in [0.717, 1.165) is 0 Å². The fraction of sp³-hybridized carbons (Fsp3) is 0.636. The molecule has 2 atom stereocenters. The van der Waals surface area contributed by atoms with Gasteiger partial charge in [-0.3, -0.25) is 4.79 Å². The molecule has 0 saturated heterocycles. The molecule has 0 aromatic carbocycles. The molecule has 1 rings (SSSR count). The van der Waals surface area contributed by atoms with Crippen LogP contribution < -0.4 is 0 Å². The van der Waals surface area contributed by atoms with Crippen molar-refractivity contribution in [3.8, 4) is 0 Å². The number of halogens is 3. The maximum atomic E-state index is 12.0. The summed E-state index contributed by atoms with van der Waals surface area (Å²) in [5.74, 6) is -2.67. The Morgan fingerprint density at radius 2 is 1.61 bits per heavy atom. The van der Waals surface area contributed by atoms with Crippen molar-refractivity contribution in [2.24, 2.45) is 0 Å². The van der Waals surface area contributed by atoms with Crippen LogP contribution in [0.4, 0.5) is 13.2 Å². The van der Waals surface area contributed by atoms with E-state index in [0.29, 0.717) is 12.8 Å². The van der Waals surface area contributed by atoms with Gasteiger partial charge in [0.15, 0.2) is 0 Å². The van der Waals surface area contributed by atoms with E-state index in [2.05, 4.69) is 4.74 Å². The van der Waals surface area contributed by atoms with E-state index in [4.69, 9.17) is 4.74 Å². The van der Waals surface area contributed by atoms with E-state index >= 15 is 0 Å². The first kappa shape index (κ1) is 14.5. The van der Waals surface area contributed by atoms with Gasteiger partial charge in [-0.2, -0.15) is 13.2 Å². The number of esters is 2. The highest BCUT2D eigenvalue weighted by Crippen LogP contribution is 2.22. The van der Waals surface area contributed by atoms with Gasteiger partial charge in [-0.05, 0) is 31.4 Å². The molecule has 0 heterocycles. The zero-order chi connectivity index (χ0) is 13.8. The van der Waals surface area contributed by atoms with Gasteiger partial charge in [0, 0.05) is 6.92 Å². The molecule has 0 N–H and O–H groups in total. The molecule has 0 aromatic heterocycles. The first-order chi connectivity index (χ1) is 8.29. The fourth-order valence-corrected chi connectivity index (χ4v) is 1.57. The molecule has 0 aromatic rings. The summed E-state index contributed by atoms with van der Waals surface area (Å²) >= 11 is 0. The minimum atomic E-state index is -4.99. The Bertz CT molecular complexity index is 349. The summed E-state index contributed by atoms with van der Waals surface area (Å²) in [4.78, 5) is 21.4. The summed E-state index contributed by atoms with van der Waals surface area (Å²) in [5.41, 5.74) is 0. The Morgan fingerprint density at radius 1 is 1.11 bits per heavy atom. The van der Waals surface area contributed by atoms with Crippen molar-refractivity contribution in [3.63, 3.8) is 0 Å². The van der Waals surface area contributed by atoms with Crippen molar-refractivity contribution in [2.45, 2.75) is 44.6 Å². The Kier molecular flexibility index (Phi) is 4.75. The topological polar surface area (TPSA) is 52.6 Å². The average Bonchev–Trinajstić information content (AvgIpc) is 2.42. The van der Waals surface area contributed by atoms with Crippen molar-refractivity contribution in [2.75, 3.05) is 0 Å². The molecule has 0 radical (unpaired) electrons. The highest BCUT2D eigenvalue weighted by atomic mass is 19.4. The van der Waals surface area contributed by atoms with Crippen LogP contribution >= 0.6 is 0 Å². The van der Waals surface area contributed by atoms with Gasteiger partial charge in [-0.15, -0.1) is 0 Å². The van der Waals surface area contributed by atoms with Crippen molar-refractivity contribution < 1.29 is 32.2 Å². The predicted molar refractivity (Wildman–Crippen MR) is 54.5 cm³/mol. The van der Waals surface area contributed by atoms with Gasteiger partial charge in [-0.1, -0.05) is 0 Å². The summed E-state index contributed by atoms with van der Waals surface area (Å²) in [6, 6.07) is 0. The van der Waals surface area contributed by atoms with Crippen LogP contribution in [0.25, 0.3) is 0 Å².